The number of carbonyl (C=O) groups is 2. The summed E-state index contributed by atoms with van der Waals surface area (Å²) in [6.07, 6.45) is 2.03. The Morgan fingerprint density at radius 1 is 1.24 bits per heavy atom. The van der Waals surface area contributed by atoms with Gasteiger partial charge < -0.3 is 10.1 Å². The molecule has 1 aliphatic rings. The Morgan fingerprint density at radius 3 is 2.56 bits per heavy atom. The van der Waals surface area contributed by atoms with E-state index in [-0.39, 0.29) is 5.91 Å². The van der Waals surface area contributed by atoms with Crippen LogP contribution in [0.2, 0.25) is 0 Å². The van der Waals surface area contributed by atoms with Gasteiger partial charge in [0.1, 0.15) is 5.60 Å². The molecule has 138 valence electrons. The molecule has 1 heterocycles. The third-order valence-electron chi connectivity index (χ3n) is 3.48. The van der Waals surface area contributed by atoms with Crippen LogP contribution in [-0.2, 0) is 16.0 Å². The van der Waals surface area contributed by atoms with Gasteiger partial charge in [-0.05, 0) is 51.3 Å². The van der Waals surface area contributed by atoms with Gasteiger partial charge in [0.2, 0.25) is 5.91 Å². The molecular formula is C18H26N2O3S2. The highest BCUT2D eigenvalue weighted by atomic mass is 33.1. The second-order valence-electron chi connectivity index (χ2n) is 6.96. The van der Waals surface area contributed by atoms with Crippen molar-refractivity contribution >= 4 is 39.3 Å². The molecule has 2 amide bonds. The predicted molar refractivity (Wildman–Crippen MR) is 106 cm³/mol. The zero-order chi connectivity index (χ0) is 18.3. The standard InChI is InChI=1S/C18H26N2O3S2/c1-18(2,3)23-17(22)20-14-6-4-13(5-7-14)8-10-19-16(21)12-15-9-11-24-25-15/h4-7,15H,8-12H2,1-3H3,(H,19,21)(H,20,22)/t15-/m0/s1. The molecule has 2 rings (SSSR count). The zero-order valence-electron chi connectivity index (χ0n) is 15.0. The Hall–Kier alpha value is -1.34. The number of carbonyl (C=O) groups excluding carboxylic acids is 2. The molecule has 0 radical (unpaired) electrons. The lowest BCUT2D eigenvalue weighted by atomic mass is 10.1. The Kier molecular flexibility index (Phi) is 7.50. The molecule has 1 aromatic rings. The molecule has 2 N–H and O–H groups in total. The predicted octanol–water partition coefficient (Wildman–Crippen LogP) is 4.24. The van der Waals surface area contributed by atoms with E-state index in [0.29, 0.717) is 23.9 Å². The normalized spacial score (nSPS) is 17.2. The molecule has 0 unspecified atom stereocenters. The van der Waals surface area contributed by atoms with Gasteiger partial charge in [0.25, 0.3) is 0 Å². The molecular weight excluding hydrogens is 356 g/mol. The SMILES string of the molecule is CC(C)(C)OC(=O)Nc1ccc(CCNC(=O)C[C@@H]2CCSS2)cc1. The van der Waals surface area contributed by atoms with E-state index in [9.17, 15) is 9.59 Å². The van der Waals surface area contributed by atoms with Gasteiger partial charge in [-0.1, -0.05) is 33.7 Å². The van der Waals surface area contributed by atoms with Crippen LogP contribution in [0.4, 0.5) is 10.5 Å². The number of anilines is 1. The van der Waals surface area contributed by atoms with Crippen LogP contribution in [0, 0.1) is 0 Å². The molecule has 1 aliphatic heterocycles. The number of nitrogens with one attached hydrogen (secondary N) is 2. The Labute approximate surface area is 157 Å². The van der Waals surface area contributed by atoms with Crippen molar-refractivity contribution in [1.82, 2.24) is 5.32 Å². The average molecular weight is 383 g/mol. The van der Waals surface area contributed by atoms with E-state index in [1.165, 1.54) is 0 Å². The van der Waals surface area contributed by atoms with E-state index in [4.69, 9.17) is 4.74 Å². The van der Waals surface area contributed by atoms with Crippen LogP contribution in [0.3, 0.4) is 0 Å². The number of rotatable bonds is 6. The summed E-state index contributed by atoms with van der Waals surface area (Å²) in [6, 6.07) is 7.57. The quantitative estimate of drug-likeness (QED) is 0.721. The topological polar surface area (TPSA) is 67.4 Å². The van der Waals surface area contributed by atoms with Crippen LogP contribution in [0.25, 0.3) is 0 Å². The molecule has 0 bridgehead atoms. The van der Waals surface area contributed by atoms with Gasteiger partial charge in [-0.25, -0.2) is 4.79 Å². The fourth-order valence-corrected chi connectivity index (χ4v) is 5.21. The van der Waals surface area contributed by atoms with Crippen molar-refractivity contribution < 1.29 is 14.3 Å². The van der Waals surface area contributed by atoms with Gasteiger partial charge in [-0.3, -0.25) is 10.1 Å². The van der Waals surface area contributed by atoms with Crippen LogP contribution in [0.1, 0.15) is 39.2 Å². The van der Waals surface area contributed by atoms with Crippen LogP contribution in [0.5, 0.6) is 0 Å². The Morgan fingerprint density at radius 2 is 1.96 bits per heavy atom. The molecule has 0 aliphatic carbocycles. The highest BCUT2D eigenvalue weighted by Crippen LogP contribution is 2.39. The van der Waals surface area contributed by atoms with E-state index in [1.807, 2.05) is 66.6 Å². The maximum atomic E-state index is 11.9. The minimum absolute atomic E-state index is 0.128. The van der Waals surface area contributed by atoms with E-state index in [1.54, 1.807) is 0 Å². The maximum absolute atomic E-state index is 11.9. The van der Waals surface area contributed by atoms with Crippen molar-refractivity contribution in [2.75, 3.05) is 17.6 Å². The molecule has 1 atom stereocenters. The fourth-order valence-electron chi connectivity index (χ4n) is 2.31. The van der Waals surface area contributed by atoms with Crippen molar-refractivity contribution in [1.29, 1.82) is 0 Å². The van der Waals surface area contributed by atoms with Crippen molar-refractivity contribution in [3.05, 3.63) is 29.8 Å². The minimum Gasteiger partial charge on any atom is -0.444 e. The summed E-state index contributed by atoms with van der Waals surface area (Å²) >= 11 is 0. The molecule has 7 heteroatoms. The van der Waals surface area contributed by atoms with Crippen molar-refractivity contribution in [3.8, 4) is 0 Å². The number of ether oxygens (including phenoxy) is 1. The van der Waals surface area contributed by atoms with Crippen LogP contribution in [0.15, 0.2) is 24.3 Å². The van der Waals surface area contributed by atoms with Gasteiger partial charge in [0.05, 0.1) is 0 Å². The van der Waals surface area contributed by atoms with E-state index >= 15 is 0 Å². The third-order valence-corrected chi connectivity index (χ3v) is 6.41. The summed E-state index contributed by atoms with van der Waals surface area (Å²) in [7, 11) is 3.67. The van der Waals surface area contributed by atoms with Crippen LogP contribution < -0.4 is 10.6 Å². The first-order chi connectivity index (χ1) is 11.8. The maximum Gasteiger partial charge on any atom is 0.412 e. The second-order valence-corrected chi connectivity index (χ2v) is 9.74. The summed E-state index contributed by atoms with van der Waals surface area (Å²) in [4.78, 5) is 23.6. The van der Waals surface area contributed by atoms with E-state index in [0.717, 1.165) is 24.2 Å². The molecule has 25 heavy (non-hydrogen) atoms. The highest BCUT2D eigenvalue weighted by Gasteiger charge is 2.19. The van der Waals surface area contributed by atoms with Crippen molar-refractivity contribution in [2.45, 2.75) is 50.9 Å². The summed E-state index contributed by atoms with van der Waals surface area (Å²) in [6.45, 7) is 6.11. The lowest BCUT2D eigenvalue weighted by Crippen LogP contribution is -2.28. The minimum atomic E-state index is -0.516. The number of amides is 2. The van der Waals surface area contributed by atoms with E-state index in [2.05, 4.69) is 10.6 Å². The number of benzene rings is 1. The largest absolute Gasteiger partial charge is 0.444 e. The van der Waals surface area contributed by atoms with E-state index < -0.39 is 11.7 Å². The molecule has 0 spiro atoms. The highest BCUT2D eigenvalue weighted by molar-refractivity contribution is 8.77. The van der Waals surface area contributed by atoms with Crippen LogP contribution in [-0.4, -0.2) is 35.1 Å². The molecule has 0 saturated carbocycles. The lowest BCUT2D eigenvalue weighted by molar-refractivity contribution is -0.121. The Bertz CT molecular complexity index is 579. The molecule has 5 nitrogen and oxygen atoms in total. The summed E-state index contributed by atoms with van der Waals surface area (Å²) < 4.78 is 5.22. The van der Waals surface area contributed by atoms with Crippen molar-refractivity contribution in [3.63, 3.8) is 0 Å². The fraction of sp³-hybridized carbons (Fsp3) is 0.556. The first-order valence-electron chi connectivity index (χ1n) is 8.46. The average Bonchev–Trinajstić information content (AvgIpc) is 3.00. The first kappa shape index (κ1) is 20.0. The van der Waals surface area contributed by atoms with Gasteiger partial charge in [0.15, 0.2) is 0 Å². The number of hydrogen-bond donors (Lipinski definition) is 2. The van der Waals surface area contributed by atoms with Crippen LogP contribution >= 0.6 is 21.6 Å². The molecule has 1 saturated heterocycles. The van der Waals surface area contributed by atoms with Gasteiger partial charge >= 0.3 is 6.09 Å². The monoisotopic (exact) mass is 382 g/mol. The summed E-state index contributed by atoms with van der Waals surface area (Å²) in [5, 5.41) is 6.15. The second kappa shape index (κ2) is 9.38. The molecule has 1 fully saturated rings. The van der Waals surface area contributed by atoms with Gasteiger partial charge in [-0.15, -0.1) is 0 Å². The molecule has 0 aromatic heterocycles. The first-order valence-corrected chi connectivity index (χ1v) is 10.8. The smallest absolute Gasteiger partial charge is 0.412 e. The third kappa shape index (κ3) is 8.05. The lowest BCUT2D eigenvalue weighted by Gasteiger charge is -2.19. The number of hydrogen-bond acceptors (Lipinski definition) is 5. The summed E-state index contributed by atoms with van der Waals surface area (Å²) in [5.41, 5.74) is 1.29. The summed E-state index contributed by atoms with van der Waals surface area (Å²) in [5.74, 6) is 1.27. The van der Waals surface area contributed by atoms with Crippen molar-refractivity contribution in [2.24, 2.45) is 0 Å². The molecule has 1 aromatic carbocycles. The van der Waals surface area contributed by atoms with Gasteiger partial charge in [-0.2, -0.15) is 0 Å². The zero-order valence-corrected chi connectivity index (χ0v) is 16.6. The van der Waals surface area contributed by atoms with Gasteiger partial charge in [0, 0.05) is 29.7 Å². The Balaban J connectivity index is 1.69.